The van der Waals surface area contributed by atoms with Crippen LogP contribution in [0.4, 0.5) is 5.69 Å². The molecule has 0 saturated carbocycles. The minimum atomic E-state index is -2.22. The summed E-state index contributed by atoms with van der Waals surface area (Å²) in [6.07, 6.45) is 0. The zero-order chi connectivity index (χ0) is 20.3. The maximum atomic E-state index is 12.5. The van der Waals surface area contributed by atoms with Crippen molar-refractivity contribution in [2.45, 2.75) is 18.7 Å². The molecule has 1 aliphatic rings. The average molecular weight is 422 g/mol. The molecule has 1 amide bonds. The summed E-state index contributed by atoms with van der Waals surface area (Å²) < 4.78 is 27.6. The fourth-order valence-corrected chi connectivity index (χ4v) is 3.68. The number of benzene rings is 2. The Labute approximate surface area is 172 Å². The normalized spacial score (nSPS) is 15.4. The van der Waals surface area contributed by atoms with Gasteiger partial charge in [0.1, 0.15) is 5.75 Å². The fraction of sp³-hybridized carbons (Fsp3) is 0.350. The van der Waals surface area contributed by atoms with Crippen molar-refractivity contribution in [1.82, 2.24) is 4.90 Å². The number of rotatable bonds is 5. The number of hydrogen-bond donors (Lipinski definition) is 0. The Kier molecular flexibility index (Phi) is 6.59. The molecule has 0 radical (unpaired) electrons. The number of anilines is 1. The van der Waals surface area contributed by atoms with Crippen LogP contribution in [0.15, 0.2) is 41.3 Å². The number of hydrogen-bond acceptors (Lipinski definition) is 5. The Balaban J connectivity index is 1.51. The van der Waals surface area contributed by atoms with Crippen molar-refractivity contribution in [2.24, 2.45) is 0 Å². The molecule has 28 heavy (non-hydrogen) atoms. The molecule has 1 fully saturated rings. The lowest BCUT2D eigenvalue weighted by atomic mass is 10.1. The summed E-state index contributed by atoms with van der Waals surface area (Å²) in [4.78, 5) is 16.6. The van der Waals surface area contributed by atoms with Crippen molar-refractivity contribution in [3.63, 3.8) is 0 Å². The quantitative estimate of drug-likeness (QED) is 0.694. The minimum absolute atomic E-state index is 0.00940. The number of ether oxygens (including phenoxy) is 1. The Morgan fingerprint density at radius 2 is 1.68 bits per heavy atom. The van der Waals surface area contributed by atoms with Crippen LogP contribution in [0.2, 0.25) is 5.02 Å². The molecule has 1 heterocycles. The van der Waals surface area contributed by atoms with Crippen molar-refractivity contribution in [3.8, 4) is 5.75 Å². The number of piperazine rings is 1. The highest BCUT2D eigenvalue weighted by Crippen LogP contribution is 2.26. The molecule has 1 saturated heterocycles. The van der Waals surface area contributed by atoms with E-state index in [4.69, 9.17) is 16.3 Å². The zero-order valence-electron chi connectivity index (χ0n) is 15.8. The fourth-order valence-electron chi connectivity index (χ4n) is 3.21. The van der Waals surface area contributed by atoms with Gasteiger partial charge in [-0.2, -0.15) is 0 Å². The summed E-state index contributed by atoms with van der Waals surface area (Å²) in [6.45, 7) is 6.36. The molecular weight excluding hydrogens is 400 g/mol. The number of nitrogens with zero attached hydrogens (tertiary/aromatic N) is 2. The standard InChI is InChI=1S/C20H23ClN2O4S/c1-14-11-17(12-15(2)20(14)21)27-13-19(24)23-9-7-22(8-10-23)16-3-5-18(6-4-16)28(25)26/h3-6,11-12H,7-10,13H2,1-2H3,(H,25,26)/p-1. The number of carbonyl (C=O) groups excluding carboxylic acids is 1. The average Bonchev–Trinajstić information content (AvgIpc) is 2.70. The number of carbonyl (C=O) groups is 1. The first-order valence-electron chi connectivity index (χ1n) is 8.97. The first-order chi connectivity index (χ1) is 13.3. The van der Waals surface area contributed by atoms with E-state index in [9.17, 15) is 13.6 Å². The Bertz CT molecular complexity index is 857. The van der Waals surface area contributed by atoms with Crippen LogP contribution in [0.3, 0.4) is 0 Å². The van der Waals surface area contributed by atoms with Gasteiger partial charge in [0.2, 0.25) is 0 Å². The molecule has 0 spiro atoms. The number of aryl methyl sites for hydroxylation is 2. The van der Waals surface area contributed by atoms with Crippen LogP contribution in [0, 0.1) is 13.8 Å². The topological polar surface area (TPSA) is 72.9 Å². The number of halogens is 1. The van der Waals surface area contributed by atoms with Crippen molar-refractivity contribution in [2.75, 3.05) is 37.7 Å². The first kappa shape index (κ1) is 20.6. The molecule has 0 bridgehead atoms. The van der Waals surface area contributed by atoms with E-state index in [2.05, 4.69) is 4.90 Å². The van der Waals surface area contributed by atoms with E-state index in [1.807, 2.05) is 26.0 Å². The predicted octanol–water partition coefficient (Wildman–Crippen LogP) is 2.92. The summed E-state index contributed by atoms with van der Waals surface area (Å²) in [5, 5.41) is 0.712. The highest BCUT2D eigenvalue weighted by Gasteiger charge is 2.21. The molecule has 0 aromatic heterocycles. The maximum absolute atomic E-state index is 12.5. The van der Waals surface area contributed by atoms with Gasteiger partial charge in [-0.25, -0.2) is 0 Å². The zero-order valence-corrected chi connectivity index (χ0v) is 17.4. The second kappa shape index (κ2) is 8.94. The largest absolute Gasteiger partial charge is 0.768 e. The molecular formula is C20H22ClN2O4S-. The predicted molar refractivity (Wildman–Crippen MR) is 109 cm³/mol. The van der Waals surface area contributed by atoms with Crippen LogP contribution >= 0.6 is 11.6 Å². The highest BCUT2D eigenvalue weighted by atomic mass is 35.5. The third kappa shape index (κ3) is 4.84. The summed E-state index contributed by atoms with van der Waals surface area (Å²) in [6, 6.07) is 10.4. The van der Waals surface area contributed by atoms with Crippen LogP contribution in [-0.4, -0.2) is 52.4 Å². The first-order valence-corrected chi connectivity index (χ1v) is 10.4. The van der Waals surface area contributed by atoms with Crippen molar-refractivity contribution in [1.29, 1.82) is 0 Å². The third-order valence-corrected chi connectivity index (χ3v) is 6.05. The van der Waals surface area contributed by atoms with Crippen LogP contribution in [0.25, 0.3) is 0 Å². The van der Waals surface area contributed by atoms with Gasteiger partial charge in [0, 0.05) is 41.8 Å². The molecule has 2 aromatic carbocycles. The van der Waals surface area contributed by atoms with E-state index in [-0.39, 0.29) is 17.4 Å². The molecule has 150 valence electrons. The maximum Gasteiger partial charge on any atom is 0.260 e. The third-order valence-electron chi connectivity index (χ3n) is 4.80. The van der Waals surface area contributed by atoms with E-state index >= 15 is 0 Å². The van der Waals surface area contributed by atoms with Crippen molar-refractivity contribution < 1.29 is 18.3 Å². The lowest BCUT2D eigenvalue weighted by Gasteiger charge is -2.36. The summed E-state index contributed by atoms with van der Waals surface area (Å²) in [5.74, 6) is 0.587. The Morgan fingerprint density at radius 1 is 1.11 bits per heavy atom. The molecule has 1 aliphatic heterocycles. The lowest BCUT2D eigenvalue weighted by molar-refractivity contribution is -0.133. The van der Waals surface area contributed by atoms with Gasteiger partial charge in [0.25, 0.3) is 5.91 Å². The summed E-state index contributed by atoms with van der Waals surface area (Å²) in [5.41, 5.74) is 2.79. The van der Waals surface area contributed by atoms with E-state index in [1.165, 1.54) is 0 Å². The van der Waals surface area contributed by atoms with Gasteiger partial charge in [0.15, 0.2) is 6.61 Å². The minimum Gasteiger partial charge on any atom is -0.768 e. The molecule has 1 unspecified atom stereocenters. The van der Waals surface area contributed by atoms with Crippen LogP contribution in [-0.2, 0) is 15.9 Å². The van der Waals surface area contributed by atoms with Gasteiger partial charge in [0.05, 0.1) is 0 Å². The van der Waals surface area contributed by atoms with Gasteiger partial charge in [-0.15, -0.1) is 0 Å². The van der Waals surface area contributed by atoms with E-state index < -0.39 is 11.1 Å². The number of amides is 1. The summed E-state index contributed by atoms with van der Waals surface area (Å²) in [7, 11) is 0. The van der Waals surface area contributed by atoms with Gasteiger partial charge >= 0.3 is 0 Å². The molecule has 8 heteroatoms. The van der Waals surface area contributed by atoms with Crippen LogP contribution in [0.5, 0.6) is 5.75 Å². The van der Waals surface area contributed by atoms with Gasteiger partial charge < -0.3 is 19.1 Å². The molecule has 3 rings (SSSR count). The van der Waals surface area contributed by atoms with E-state index in [0.717, 1.165) is 16.8 Å². The Morgan fingerprint density at radius 3 is 2.21 bits per heavy atom. The molecule has 1 atom stereocenters. The second-order valence-electron chi connectivity index (χ2n) is 6.76. The van der Waals surface area contributed by atoms with Gasteiger partial charge in [-0.3, -0.25) is 9.00 Å². The van der Waals surface area contributed by atoms with Gasteiger partial charge in [-0.05, 0) is 72.5 Å². The summed E-state index contributed by atoms with van der Waals surface area (Å²) >= 11 is 3.94. The molecule has 0 N–H and O–H groups in total. The Hall–Kier alpha value is -2.09. The van der Waals surface area contributed by atoms with E-state index in [1.54, 1.807) is 29.2 Å². The van der Waals surface area contributed by atoms with Gasteiger partial charge in [-0.1, -0.05) is 11.6 Å². The second-order valence-corrected chi connectivity index (χ2v) is 8.07. The van der Waals surface area contributed by atoms with Crippen molar-refractivity contribution in [3.05, 3.63) is 52.5 Å². The molecule has 6 nitrogen and oxygen atoms in total. The van der Waals surface area contributed by atoms with Crippen LogP contribution in [0.1, 0.15) is 11.1 Å². The SMILES string of the molecule is Cc1cc(OCC(=O)N2CCN(c3ccc(S(=O)[O-])cc3)CC2)cc(C)c1Cl. The molecule has 0 aliphatic carbocycles. The monoisotopic (exact) mass is 421 g/mol. The molecule has 2 aromatic rings. The highest BCUT2D eigenvalue weighted by molar-refractivity contribution is 7.79. The van der Waals surface area contributed by atoms with Crippen LogP contribution < -0.4 is 9.64 Å². The van der Waals surface area contributed by atoms with Crippen molar-refractivity contribution >= 4 is 34.3 Å². The smallest absolute Gasteiger partial charge is 0.260 e. The van der Waals surface area contributed by atoms with E-state index in [0.29, 0.717) is 37.0 Å². The lowest BCUT2D eigenvalue weighted by Crippen LogP contribution is -2.50.